The summed E-state index contributed by atoms with van der Waals surface area (Å²) in [6.45, 7) is 2.01. The number of para-hydroxylation sites is 1. The number of pyridine rings is 1. The van der Waals surface area contributed by atoms with E-state index in [-0.39, 0.29) is 5.91 Å². The van der Waals surface area contributed by atoms with Crippen molar-refractivity contribution in [2.45, 2.75) is 19.3 Å². The van der Waals surface area contributed by atoms with E-state index in [1.165, 1.54) is 19.3 Å². The number of carbonyl (C=O) groups is 1. The van der Waals surface area contributed by atoms with Crippen molar-refractivity contribution in [1.82, 2.24) is 15.2 Å². The monoisotopic (exact) mass is 333 g/mol. The van der Waals surface area contributed by atoms with Crippen LogP contribution in [0.4, 0.5) is 11.5 Å². The molecule has 1 N–H and O–H groups in total. The van der Waals surface area contributed by atoms with Crippen LogP contribution in [0, 0.1) is 0 Å². The number of nitrogens with zero attached hydrogens (tertiary/aromatic N) is 4. The van der Waals surface area contributed by atoms with Gasteiger partial charge in [-0.05, 0) is 43.5 Å². The predicted molar refractivity (Wildman–Crippen MR) is 97.8 cm³/mol. The van der Waals surface area contributed by atoms with Gasteiger partial charge in [-0.2, -0.15) is 0 Å². The number of amides is 1. The normalized spacial score (nSPS) is 14.5. The molecule has 0 aliphatic carbocycles. The quantitative estimate of drug-likeness (QED) is 0.796. The molecule has 126 valence electrons. The molecule has 6 nitrogen and oxygen atoms in total. The van der Waals surface area contributed by atoms with E-state index in [9.17, 15) is 4.79 Å². The minimum absolute atomic E-state index is 0.283. The molecule has 2 aromatic heterocycles. The second-order valence-electron chi connectivity index (χ2n) is 6.20. The Kier molecular flexibility index (Phi) is 4.24. The Morgan fingerprint density at radius 1 is 1.00 bits per heavy atom. The second kappa shape index (κ2) is 6.84. The van der Waals surface area contributed by atoms with Crippen molar-refractivity contribution in [3.8, 4) is 0 Å². The lowest BCUT2D eigenvalue weighted by atomic mass is 10.1. The van der Waals surface area contributed by atoms with Gasteiger partial charge in [-0.15, -0.1) is 10.2 Å². The molecule has 25 heavy (non-hydrogen) atoms. The summed E-state index contributed by atoms with van der Waals surface area (Å²) in [5.74, 6) is 0.554. The molecular weight excluding hydrogens is 314 g/mol. The van der Waals surface area contributed by atoms with Crippen LogP contribution in [-0.2, 0) is 0 Å². The van der Waals surface area contributed by atoms with E-state index in [4.69, 9.17) is 0 Å². The number of piperidine rings is 1. The fourth-order valence-corrected chi connectivity index (χ4v) is 3.07. The van der Waals surface area contributed by atoms with Crippen LogP contribution in [0.1, 0.15) is 29.8 Å². The highest BCUT2D eigenvalue weighted by Gasteiger charge is 2.14. The molecule has 1 fully saturated rings. The molecule has 1 saturated heterocycles. The summed E-state index contributed by atoms with van der Waals surface area (Å²) in [5.41, 5.74) is 1.84. The molecule has 1 aromatic carbocycles. The number of aromatic nitrogens is 3. The van der Waals surface area contributed by atoms with Crippen LogP contribution >= 0.6 is 0 Å². The second-order valence-corrected chi connectivity index (χ2v) is 6.20. The van der Waals surface area contributed by atoms with Crippen LogP contribution in [0.5, 0.6) is 0 Å². The Labute approximate surface area is 145 Å². The fraction of sp³-hybridized carbons (Fsp3) is 0.263. The summed E-state index contributed by atoms with van der Waals surface area (Å²) in [6.07, 6.45) is 5.28. The van der Waals surface area contributed by atoms with Crippen molar-refractivity contribution < 1.29 is 4.79 Å². The van der Waals surface area contributed by atoms with Gasteiger partial charge in [0.25, 0.3) is 5.91 Å². The molecule has 0 saturated carbocycles. The summed E-state index contributed by atoms with van der Waals surface area (Å²) in [5, 5.41) is 12.1. The van der Waals surface area contributed by atoms with Crippen molar-refractivity contribution in [2.24, 2.45) is 0 Å². The predicted octanol–water partition coefficient (Wildman–Crippen LogP) is 3.27. The first-order chi connectivity index (χ1) is 12.3. The van der Waals surface area contributed by atoms with Gasteiger partial charge in [-0.1, -0.05) is 18.2 Å². The van der Waals surface area contributed by atoms with Gasteiger partial charge < -0.3 is 10.2 Å². The minimum Gasteiger partial charge on any atom is -0.355 e. The summed E-state index contributed by atoms with van der Waals surface area (Å²) >= 11 is 0. The number of carbonyl (C=O) groups excluding carboxylic acids is 1. The van der Waals surface area contributed by atoms with Crippen LogP contribution in [0.2, 0.25) is 0 Å². The Hall–Kier alpha value is -3.02. The molecule has 6 heteroatoms. The molecule has 3 heterocycles. The van der Waals surface area contributed by atoms with Gasteiger partial charge >= 0.3 is 0 Å². The van der Waals surface area contributed by atoms with Crippen LogP contribution in [0.15, 0.2) is 48.7 Å². The molecule has 0 atom stereocenters. The van der Waals surface area contributed by atoms with Crippen LogP contribution in [-0.4, -0.2) is 34.2 Å². The highest BCUT2D eigenvalue weighted by atomic mass is 16.1. The number of fused-ring (bicyclic) bond motifs is 1. The maximum Gasteiger partial charge on any atom is 0.276 e. The number of anilines is 2. The average molecular weight is 333 g/mol. The molecule has 1 aliphatic rings. The molecule has 1 aliphatic heterocycles. The molecule has 0 radical (unpaired) electrons. The van der Waals surface area contributed by atoms with Gasteiger partial charge in [0, 0.05) is 18.5 Å². The Balaban J connectivity index is 1.48. The highest BCUT2D eigenvalue weighted by Crippen LogP contribution is 2.18. The first-order valence-electron chi connectivity index (χ1n) is 8.54. The number of hydrogen-bond acceptors (Lipinski definition) is 5. The van der Waals surface area contributed by atoms with Crippen LogP contribution in [0.25, 0.3) is 10.9 Å². The van der Waals surface area contributed by atoms with E-state index in [2.05, 4.69) is 25.4 Å². The van der Waals surface area contributed by atoms with Crippen molar-refractivity contribution in [2.75, 3.05) is 23.3 Å². The summed E-state index contributed by atoms with van der Waals surface area (Å²) < 4.78 is 0. The topological polar surface area (TPSA) is 71.0 Å². The zero-order valence-electron chi connectivity index (χ0n) is 13.9. The maximum absolute atomic E-state index is 12.4. The van der Waals surface area contributed by atoms with Gasteiger partial charge in [0.05, 0.1) is 17.4 Å². The molecule has 0 spiro atoms. The summed E-state index contributed by atoms with van der Waals surface area (Å²) in [6, 6.07) is 13.3. The number of rotatable bonds is 3. The third-order valence-electron chi connectivity index (χ3n) is 4.41. The minimum atomic E-state index is -0.283. The van der Waals surface area contributed by atoms with E-state index in [1.54, 1.807) is 12.3 Å². The summed E-state index contributed by atoms with van der Waals surface area (Å²) in [7, 11) is 0. The van der Waals surface area contributed by atoms with E-state index >= 15 is 0 Å². The SMILES string of the molecule is O=C(Nc1cnc2ccccc2c1)c1ccc(N2CCCCC2)nn1. The molecule has 3 aromatic rings. The Morgan fingerprint density at radius 3 is 2.64 bits per heavy atom. The van der Waals surface area contributed by atoms with E-state index in [0.717, 1.165) is 29.8 Å². The fourth-order valence-electron chi connectivity index (χ4n) is 3.07. The molecular formula is C19H19N5O. The van der Waals surface area contributed by atoms with Crippen molar-refractivity contribution in [3.63, 3.8) is 0 Å². The number of nitrogens with one attached hydrogen (secondary N) is 1. The van der Waals surface area contributed by atoms with Gasteiger partial charge in [0.1, 0.15) is 0 Å². The average Bonchev–Trinajstić information content (AvgIpc) is 2.69. The Bertz CT molecular complexity index is 888. The van der Waals surface area contributed by atoms with E-state index in [1.807, 2.05) is 36.4 Å². The summed E-state index contributed by atoms with van der Waals surface area (Å²) in [4.78, 5) is 18.9. The largest absolute Gasteiger partial charge is 0.355 e. The van der Waals surface area contributed by atoms with E-state index in [0.29, 0.717) is 11.4 Å². The van der Waals surface area contributed by atoms with Crippen molar-refractivity contribution in [1.29, 1.82) is 0 Å². The highest BCUT2D eigenvalue weighted by molar-refractivity contribution is 6.03. The van der Waals surface area contributed by atoms with Gasteiger partial charge in [-0.25, -0.2) is 0 Å². The van der Waals surface area contributed by atoms with Crippen LogP contribution in [0.3, 0.4) is 0 Å². The van der Waals surface area contributed by atoms with Gasteiger partial charge in [0.15, 0.2) is 11.5 Å². The third kappa shape index (κ3) is 3.42. The van der Waals surface area contributed by atoms with Crippen LogP contribution < -0.4 is 10.2 Å². The Morgan fingerprint density at radius 2 is 1.84 bits per heavy atom. The maximum atomic E-state index is 12.4. The molecule has 4 rings (SSSR count). The lowest BCUT2D eigenvalue weighted by molar-refractivity contribution is 0.102. The first kappa shape index (κ1) is 15.5. The zero-order valence-corrected chi connectivity index (χ0v) is 13.9. The number of benzene rings is 1. The molecule has 0 bridgehead atoms. The van der Waals surface area contributed by atoms with Gasteiger partial charge in [0.2, 0.25) is 0 Å². The first-order valence-corrected chi connectivity index (χ1v) is 8.54. The van der Waals surface area contributed by atoms with Crippen molar-refractivity contribution >= 4 is 28.3 Å². The smallest absolute Gasteiger partial charge is 0.276 e. The van der Waals surface area contributed by atoms with E-state index < -0.39 is 0 Å². The lowest BCUT2D eigenvalue weighted by Crippen LogP contribution is -2.30. The van der Waals surface area contributed by atoms with Gasteiger partial charge in [-0.3, -0.25) is 9.78 Å². The standard InChI is InChI=1S/C19H19N5O/c25-19(21-15-12-14-6-2-3-7-16(14)20-13-15)17-8-9-18(23-22-17)24-10-4-1-5-11-24/h2-3,6-9,12-13H,1,4-5,10-11H2,(H,21,25). The third-order valence-corrected chi connectivity index (χ3v) is 4.41. The number of hydrogen-bond donors (Lipinski definition) is 1. The zero-order chi connectivity index (χ0) is 17.1. The molecule has 0 unspecified atom stereocenters. The van der Waals surface area contributed by atoms with Crippen molar-refractivity contribution in [3.05, 3.63) is 54.4 Å². The lowest BCUT2D eigenvalue weighted by Gasteiger charge is -2.27. The molecule has 1 amide bonds.